The summed E-state index contributed by atoms with van der Waals surface area (Å²) < 4.78 is 5.43. The maximum atomic E-state index is 5.43. The molecule has 2 atom stereocenters. The SMILES string of the molecule is CCOPCCC(CCBr)Cc1ccccc1. The largest absolute Gasteiger partial charge is 0.363 e. The molecule has 1 aromatic rings. The standard InChI is InChI=1S/C14H22BrOP/c1-2-16-17-11-9-14(8-10-15)12-13-6-4-3-5-7-13/h3-7,14,17H,2,8-12H2,1H3. The first-order chi connectivity index (χ1) is 8.36. The number of benzene rings is 1. The second kappa shape index (κ2) is 10.1. The molecule has 0 amide bonds. The Kier molecular flexibility index (Phi) is 8.96. The molecule has 1 aromatic carbocycles. The van der Waals surface area contributed by atoms with Crippen LogP contribution in [0.4, 0.5) is 0 Å². The maximum Gasteiger partial charge on any atom is 0.0477 e. The van der Waals surface area contributed by atoms with Gasteiger partial charge in [-0.1, -0.05) is 46.3 Å². The molecular weight excluding hydrogens is 295 g/mol. The van der Waals surface area contributed by atoms with Gasteiger partial charge in [-0.3, -0.25) is 0 Å². The lowest BCUT2D eigenvalue weighted by Crippen LogP contribution is -2.06. The summed E-state index contributed by atoms with van der Waals surface area (Å²) in [5.74, 6) is 0.782. The molecule has 0 aliphatic rings. The third-order valence-electron chi connectivity index (χ3n) is 2.79. The van der Waals surface area contributed by atoms with E-state index in [4.69, 9.17) is 4.52 Å². The van der Waals surface area contributed by atoms with Crippen LogP contribution in [0.5, 0.6) is 0 Å². The van der Waals surface area contributed by atoms with Crippen molar-refractivity contribution in [2.24, 2.45) is 5.92 Å². The van der Waals surface area contributed by atoms with Gasteiger partial charge in [-0.05, 0) is 43.8 Å². The number of hydrogen-bond acceptors (Lipinski definition) is 1. The summed E-state index contributed by atoms with van der Waals surface area (Å²) in [6, 6.07) is 10.8. The van der Waals surface area contributed by atoms with Gasteiger partial charge in [0.25, 0.3) is 0 Å². The minimum absolute atomic E-state index is 0.675. The molecular formula is C14H22BrOP. The second-order valence-corrected chi connectivity index (χ2v) is 6.02. The highest BCUT2D eigenvalue weighted by Crippen LogP contribution is 2.22. The zero-order valence-electron chi connectivity index (χ0n) is 10.5. The van der Waals surface area contributed by atoms with Crippen LogP contribution in [-0.4, -0.2) is 18.1 Å². The van der Waals surface area contributed by atoms with Crippen molar-refractivity contribution in [3.63, 3.8) is 0 Å². The van der Waals surface area contributed by atoms with Crippen molar-refractivity contribution in [1.82, 2.24) is 0 Å². The number of alkyl halides is 1. The van der Waals surface area contributed by atoms with E-state index >= 15 is 0 Å². The van der Waals surface area contributed by atoms with Gasteiger partial charge < -0.3 is 4.52 Å². The Labute approximate surface area is 115 Å². The highest BCUT2D eigenvalue weighted by molar-refractivity contribution is 9.09. The monoisotopic (exact) mass is 316 g/mol. The van der Waals surface area contributed by atoms with Gasteiger partial charge in [0.05, 0.1) is 0 Å². The molecule has 0 spiro atoms. The van der Waals surface area contributed by atoms with Gasteiger partial charge in [-0.2, -0.15) is 0 Å². The molecule has 1 nitrogen and oxygen atoms in total. The fraction of sp³-hybridized carbons (Fsp3) is 0.571. The van der Waals surface area contributed by atoms with Crippen LogP contribution in [0.1, 0.15) is 25.3 Å². The second-order valence-electron chi connectivity index (χ2n) is 4.15. The van der Waals surface area contributed by atoms with E-state index in [1.54, 1.807) is 0 Å². The van der Waals surface area contributed by atoms with Crippen LogP contribution in [0.2, 0.25) is 0 Å². The first-order valence-corrected chi connectivity index (χ1v) is 8.55. The number of rotatable bonds is 9. The quantitative estimate of drug-likeness (QED) is 0.366. The van der Waals surface area contributed by atoms with Crippen molar-refractivity contribution in [2.45, 2.75) is 26.2 Å². The van der Waals surface area contributed by atoms with E-state index in [2.05, 4.69) is 53.2 Å². The van der Waals surface area contributed by atoms with Crippen molar-refractivity contribution in [2.75, 3.05) is 18.1 Å². The zero-order chi connectivity index (χ0) is 12.3. The van der Waals surface area contributed by atoms with Crippen LogP contribution in [0.15, 0.2) is 30.3 Å². The molecule has 1 rings (SSSR count). The average molecular weight is 317 g/mol. The van der Waals surface area contributed by atoms with Crippen molar-refractivity contribution >= 4 is 24.7 Å². The van der Waals surface area contributed by atoms with E-state index in [1.807, 2.05) is 0 Å². The Morgan fingerprint density at radius 1 is 1.24 bits per heavy atom. The number of hydrogen-bond donors (Lipinski definition) is 0. The summed E-state index contributed by atoms with van der Waals surface area (Å²) in [6.07, 6.45) is 4.94. The van der Waals surface area contributed by atoms with Gasteiger partial charge in [0, 0.05) is 20.7 Å². The van der Waals surface area contributed by atoms with Gasteiger partial charge in [-0.25, -0.2) is 0 Å². The highest BCUT2D eigenvalue weighted by Gasteiger charge is 2.08. The lowest BCUT2D eigenvalue weighted by Gasteiger charge is -2.15. The molecule has 3 heteroatoms. The maximum absolute atomic E-state index is 5.43. The summed E-state index contributed by atoms with van der Waals surface area (Å²) in [6.45, 7) is 2.91. The average Bonchev–Trinajstić information content (AvgIpc) is 2.36. The van der Waals surface area contributed by atoms with Gasteiger partial charge >= 0.3 is 0 Å². The van der Waals surface area contributed by atoms with Crippen molar-refractivity contribution in [3.05, 3.63) is 35.9 Å². The Morgan fingerprint density at radius 3 is 2.65 bits per heavy atom. The van der Waals surface area contributed by atoms with Crippen molar-refractivity contribution < 1.29 is 4.52 Å². The summed E-state index contributed by atoms with van der Waals surface area (Å²) in [5, 5.41) is 1.10. The lowest BCUT2D eigenvalue weighted by atomic mass is 9.95. The minimum Gasteiger partial charge on any atom is -0.363 e. The lowest BCUT2D eigenvalue weighted by molar-refractivity contribution is 0.385. The molecule has 17 heavy (non-hydrogen) atoms. The first kappa shape index (κ1) is 15.1. The Hall–Kier alpha value is 0.0900. The van der Waals surface area contributed by atoms with Crippen LogP contribution >= 0.6 is 24.7 Å². The molecule has 0 aliphatic carbocycles. The Morgan fingerprint density at radius 2 is 2.00 bits per heavy atom. The molecule has 0 saturated heterocycles. The fourth-order valence-corrected chi connectivity index (χ4v) is 3.41. The van der Waals surface area contributed by atoms with Gasteiger partial charge in [0.15, 0.2) is 0 Å². The predicted molar refractivity (Wildman–Crippen MR) is 81.5 cm³/mol. The van der Waals surface area contributed by atoms with E-state index in [0.29, 0.717) is 8.81 Å². The molecule has 0 aliphatic heterocycles. The molecule has 0 bridgehead atoms. The fourth-order valence-electron chi connectivity index (χ4n) is 1.89. The van der Waals surface area contributed by atoms with Crippen molar-refractivity contribution in [3.8, 4) is 0 Å². The van der Waals surface area contributed by atoms with Crippen molar-refractivity contribution in [1.29, 1.82) is 0 Å². The summed E-state index contributed by atoms with van der Waals surface area (Å²) >= 11 is 3.56. The molecule has 0 radical (unpaired) electrons. The van der Waals surface area contributed by atoms with E-state index in [-0.39, 0.29) is 0 Å². The Balaban J connectivity index is 2.32. The molecule has 0 saturated carbocycles. The smallest absolute Gasteiger partial charge is 0.0477 e. The van der Waals surface area contributed by atoms with Crippen LogP contribution in [0.25, 0.3) is 0 Å². The summed E-state index contributed by atoms with van der Waals surface area (Å²) in [4.78, 5) is 0. The van der Waals surface area contributed by atoms with Crippen LogP contribution < -0.4 is 0 Å². The van der Waals surface area contributed by atoms with Crippen LogP contribution in [-0.2, 0) is 10.9 Å². The third kappa shape index (κ3) is 7.18. The molecule has 0 fully saturated rings. The van der Waals surface area contributed by atoms with Gasteiger partial charge in [0.1, 0.15) is 0 Å². The number of halogens is 1. The molecule has 0 heterocycles. The first-order valence-electron chi connectivity index (χ1n) is 6.31. The molecule has 2 unspecified atom stereocenters. The third-order valence-corrected chi connectivity index (χ3v) is 4.23. The topological polar surface area (TPSA) is 9.23 Å². The molecule has 96 valence electrons. The van der Waals surface area contributed by atoms with E-state index in [9.17, 15) is 0 Å². The van der Waals surface area contributed by atoms with Gasteiger partial charge in [0.2, 0.25) is 0 Å². The van der Waals surface area contributed by atoms with Gasteiger partial charge in [-0.15, -0.1) is 0 Å². The highest BCUT2D eigenvalue weighted by atomic mass is 79.9. The summed E-state index contributed by atoms with van der Waals surface area (Å²) in [7, 11) is 0.675. The predicted octanol–water partition coefficient (Wildman–Crippen LogP) is 4.65. The normalized spacial score (nSPS) is 13.3. The zero-order valence-corrected chi connectivity index (χ0v) is 13.1. The van der Waals surface area contributed by atoms with Crippen LogP contribution in [0.3, 0.4) is 0 Å². The van der Waals surface area contributed by atoms with E-state index in [1.165, 1.54) is 31.0 Å². The molecule has 0 aromatic heterocycles. The molecule has 0 N–H and O–H groups in total. The van der Waals surface area contributed by atoms with E-state index in [0.717, 1.165) is 17.9 Å². The van der Waals surface area contributed by atoms with E-state index < -0.39 is 0 Å². The summed E-state index contributed by atoms with van der Waals surface area (Å²) in [5.41, 5.74) is 1.46. The Bertz CT molecular complexity index is 279. The minimum atomic E-state index is 0.675. The van der Waals surface area contributed by atoms with Crippen LogP contribution in [0, 0.1) is 5.92 Å².